The largest absolute Gasteiger partial charge is 0.364 e. The van der Waals surface area contributed by atoms with Gasteiger partial charge in [0.05, 0.1) is 33.5 Å². The second-order valence-electron chi connectivity index (χ2n) is 14.7. The van der Waals surface area contributed by atoms with E-state index in [0.717, 1.165) is 95.0 Å². The van der Waals surface area contributed by atoms with E-state index in [0.29, 0.717) is 47.3 Å². The second kappa shape index (κ2) is 14.8. The van der Waals surface area contributed by atoms with E-state index < -0.39 is 5.95 Å². The van der Waals surface area contributed by atoms with Crippen LogP contribution in [-0.2, 0) is 12.8 Å². The van der Waals surface area contributed by atoms with Crippen molar-refractivity contribution in [3.05, 3.63) is 88.4 Å². The topological polar surface area (TPSA) is 231 Å². The number of carbonyl (C=O) groups is 2. The van der Waals surface area contributed by atoms with Crippen LogP contribution in [0.3, 0.4) is 0 Å². The van der Waals surface area contributed by atoms with Crippen LogP contribution in [0.15, 0.2) is 48.5 Å². The predicted molar refractivity (Wildman–Crippen MR) is 210 cm³/mol. The number of H-pyrrole nitrogens is 2. The number of para-hydroxylation sites is 2. The third kappa shape index (κ3) is 7.13. The summed E-state index contributed by atoms with van der Waals surface area (Å²) in [5.74, 6) is 0.0949. The molecule has 2 aliphatic heterocycles. The van der Waals surface area contributed by atoms with Crippen molar-refractivity contribution < 1.29 is 14.0 Å². The first-order valence-electron chi connectivity index (χ1n) is 18.8. The minimum Gasteiger partial charge on any atom is -0.364 e. The third-order valence-corrected chi connectivity index (χ3v) is 10.9. The Morgan fingerprint density at radius 2 is 1.16 bits per heavy atom. The van der Waals surface area contributed by atoms with Gasteiger partial charge >= 0.3 is 0 Å². The van der Waals surface area contributed by atoms with Gasteiger partial charge in [-0.2, -0.15) is 4.39 Å². The van der Waals surface area contributed by atoms with Gasteiger partial charge in [-0.1, -0.05) is 24.3 Å². The van der Waals surface area contributed by atoms with Crippen LogP contribution in [0.4, 0.5) is 10.2 Å². The molecule has 0 spiro atoms. The number of fused-ring (bicyclic) bond motifs is 4. The summed E-state index contributed by atoms with van der Waals surface area (Å²) >= 11 is 0. The van der Waals surface area contributed by atoms with Gasteiger partial charge in [0.1, 0.15) is 16.9 Å². The van der Waals surface area contributed by atoms with Crippen LogP contribution in [0.1, 0.15) is 69.2 Å². The van der Waals surface area contributed by atoms with E-state index in [-0.39, 0.29) is 29.6 Å². The van der Waals surface area contributed by atoms with Crippen molar-refractivity contribution >= 4 is 39.7 Å². The zero-order valence-corrected chi connectivity index (χ0v) is 30.8. The highest BCUT2D eigenvalue weighted by Gasteiger charge is 2.29. The molecule has 6 aromatic rings. The molecule has 2 aliphatic carbocycles. The van der Waals surface area contributed by atoms with Crippen molar-refractivity contribution in [2.45, 2.75) is 76.5 Å². The van der Waals surface area contributed by atoms with Crippen LogP contribution in [0.5, 0.6) is 0 Å². The first-order chi connectivity index (χ1) is 26.5. The van der Waals surface area contributed by atoms with Crippen molar-refractivity contribution in [3.63, 3.8) is 0 Å². The predicted octanol–water partition coefficient (Wildman–Crippen LogP) is 3.91. The molecule has 11 N–H and O–H groups in total. The Morgan fingerprint density at radius 3 is 1.62 bits per heavy atom. The lowest BCUT2D eigenvalue weighted by Gasteiger charge is -2.34. The molecule has 10 rings (SSSR count). The lowest BCUT2D eigenvalue weighted by atomic mass is 9.87. The maximum absolute atomic E-state index is 13.8. The average Bonchev–Trinajstić information content (AvgIpc) is 3.83. The Morgan fingerprint density at radius 1 is 0.655 bits per heavy atom. The number of anilines is 1. The van der Waals surface area contributed by atoms with E-state index in [1.807, 2.05) is 43.3 Å². The van der Waals surface area contributed by atoms with Crippen LogP contribution in [0, 0.1) is 19.8 Å². The molecular weight excluding hydrogens is 700 g/mol. The number of aromatic amines is 2. The SMILES string of the molecule is Cc1nc2cccc(-c3cc4c([nH]3)CCNC4=O)c2nc1F.Cc1nc2cccc(-c3cc4c([nH]3)CCNC4=O)c2nc1N[C@H]1CC[C@H]1N.N[C@@H]1CC[C@@H]1N. The number of nitrogens with one attached hydrogen (secondary N) is 5. The number of nitrogens with two attached hydrogens (primary N) is 3. The van der Waals surface area contributed by atoms with Crippen LogP contribution < -0.4 is 33.2 Å². The Bertz CT molecular complexity index is 2430. The molecule has 4 aliphatic rings. The van der Waals surface area contributed by atoms with E-state index in [1.165, 1.54) is 0 Å². The van der Waals surface area contributed by atoms with Gasteiger partial charge in [-0.25, -0.2) is 19.9 Å². The highest BCUT2D eigenvalue weighted by Crippen LogP contribution is 2.32. The zero-order valence-electron chi connectivity index (χ0n) is 30.8. The molecule has 0 bridgehead atoms. The van der Waals surface area contributed by atoms with Gasteiger partial charge < -0.3 is 43.1 Å². The van der Waals surface area contributed by atoms with Gasteiger partial charge in [0.25, 0.3) is 11.8 Å². The molecule has 55 heavy (non-hydrogen) atoms. The molecule has 6 heterocycles. The number of benzene rings is 2. The summed E-state index contributed by atoms with van der Waals surface area (Å²) in [5, 5.41) is 9.15. The number of carbonyl (C=O) groups excluding carboxylic acids is 2. The number of halogens is 1. The zero-order chi connectivity index (χ0) is 38.4. The maximum atomic E-state index is 13.8. The van der Waals surface area contributed by atoms with Crippen molar-refractivity contribution in [3.8, 4) is 22.5 Å². The number of aryl methyl sites for hydroxylation is 2. The third-order valence-electron chi connectivity index (χ3n) is 10.9. The highest BCUT2D eigenvalue weighted by molar-refractivity contribution is 6.00. The normalized spacial score (nSPS) is 21.1. The summed E-state index contributed by atoms with van der Waals surface area (Å²) in [6, 6.07) is 16.2. The standard InChI is InChI=1S/C20H22N6O.C16H13FN4O.C4H10N2/c1-10-19(25-15-6-5-13(15)21)26-18-11(3-2-4-16(18)23-10)17-9-12-14(24-17)7-8-22-20(12)27;1-8-15(17)21-14-9(3-2-4-12(14)19-8)13-7-10-11(20-13)5-6-18-16(10)22;5-3-1-2-4(3)6/h2-4,9,13,15,24H,5-8,21H2,1H3,(H,22,27)(H,25,26);2-4,7,20H,5-6H2,1H3,(H,18,22);3-4H,1-2,5-6H2/t13-,15+;;3-,4+/m1../s1. The van der Waals surface area contributed by atoms with Crippen molar-refractivity contribution in [2.75, 3.05) is 18.4 Å². The summed E-state index contributed by atoms with van der Waals surface area (Å²) in [7, 11) is 0. The van der Waals surface area contributed by atoms with Gasteiger partial charge in [-0.15, -0.1) is 0 Å². The second-order valence-corrected chi connectivity index (χ2v) is 14.7. The fourth-order valence-electron chi connectivity index (χ4n) is 7.19. The number of hydrogen-bond acceptors (Lipinski definition) is 10. The Balaban J connectivity index is 0.000000137. The average molecular weight is 745 g/mol. The van der Waals surface area contributed by atoms with Crippen LogP contribution in [0.25, 0.3) is 44.6 Å². The van der Waals surface area contributed by atoms with Gasteiger partial charge in [-0.3, -0.25) is 9.59 Å². The first-order valence-corrected chi connectivity index (χ1v) is 18.8. The number of hydrogen-bond donors (Lipinski definition) is 8. The van der Waals surface area contributed by atoms with Crippen molar-refractivity contribution in [2.24, 2.45) is 17.2 Å². The van der Waals surface area contributed by atoms with E-state index >= 15 is 0 Å². The Labute approximate surface area is 316 Å². The molecule has 2 aromatic carbocycles. The minimum atomic E-state index is -0.575. The molecule has 2 fully saturated rings. The monoisotopic (exact) mass is 744 g/mol. The molecule has 15 heteroatoms. The molecule has 4 aromatic heterocycles. The Hall–Kier alpha value is -5.77. The highest BCUT2D eigenvalue weighted by atomic mass is 19.1. The van der Waals surface area contributed by atoms with Crippen molar-refractivity contribution in [1.82, 2.24) is 40.5 Å². The number of nitrogens with zero attached hydrogens (tertiary/aromatic N) is 4. The molecule has 0 unspecified atom stereocenters. The maximum Gasteiger partial charge on any atom is 0.253 e. The fourth-order valence-corrected chi connectivity index (χ4v) is 7.19. The molecule has 4 atom stereocenters. The van der Waals surface area contributed by atoms with Crippen LogP contribution >= 0.6 is 0 Å². The Kier molecular flexibility index (Phi) is 9.75. The fraction of sp³-hybridized carbons (Fsp3) is 0.350. The lowest BCUT2D eigenvalue weighted by molar-refractivity contribution is 0.0937. The molecular formula is C40H45FN12O2. The van der Waals surface area contributed by atoms with Gasteiger partial charge in [0.2, 0.25) is 5.95 Å². The number of rotatable bonds is 4. The van der Waals surface area contributed by atoms with Gasteiger partial charge in [-0.05, 0) is 63.8 Å². The molecule has 0 radical (unpaired) electrons. The van der Waals surface area contributed by atoms with Crippen LogP contribution in [-0.4, -0.2) is 79.0 Å². The molecule has 0 saturated heterocycles. The molecule has 284 valence electrons. The van der Waals surface area contributed by atoms with E-state index in [9.17, 15) is 14.0 Å². The van der Waals surface area contributed by atoms with Gasteiger partial charge in [0, 0.05) is 84.0 Å². The van der Waals surface area contributed by atoms with Gasteiger partial charge in [0.15, 0.2) is 0 Å². The van der Waals surface area contributed by atoms with Crippen LogP contribution in [0.2, 0.25) is 0 Å². The number of amides is 2. The first kappa shape index (κ1) is 36.2. The van der Waals surface area contributed by atoms with Crippen molar-refractivity contribution in [1.29, 1.82) is 0 Å². The molecule has 2 amide bonds. The smallest absolute Gasteiger partial charge is 0.253 e. The lowest BCUT2D eigenvalue weighted by Crippen LogP contribution is -2.49. The summed E-state index contributed by atoms with van der Waals surface area (Å²) in [5.41, 5.74) is 27.3. The van der Waals surface area contributed by atoms with E-state index in [1.54, 1.807) is 19.1 Å². The molecule has 2 saturated carbocycles. The summed E-state index contributed by atoms with van der Waals surface area (Å²) in [6.45, 7) is 4.83. The summed E-state index contributed by atoms with van der Waals surface area (Å²) in [4.78, 5) is 48.5. The quantitative estimate of drug-likeness (QED) is 0.130. The number of aromatic nitrogens is 6. The molecule has 14 nitrogen and oxygen atoms in total. The van der Waals surface area contributed by atoms with E-state index in [4.69, 9.17) is 27.2 Å². The minimum absolute atomic E-state index is 0.0257. The van der Waals surface area contributed by atoms with E-state index in [2.05, 4.69) is 35.9 Å². The summed E-state index contributed by atoms with van der Waals surface area (Å²) < 4.78 is 13.8. The summed E-state index contributed by atoms with van der Waals surface area (Å²) in [6.07, 6.45) is 5.91.